The predicted octanol–water partition coefficient (Wildman–Crippen LogP) is 3.91. The minimum Gasteiger partial charge on any atom is -0.382 e. The van der Waals surface area contributed by atoms with Crippen LogP contribution in [0.3, 0.4) is 0 Å². The Bertz CT molecular complexity index is 1130. The monoisotopic (exact) mass is 444 g/mol. The van der Waals surface area contributed by atoms with Crippen LogP contribution in [0.2, 0.25) is 0 Å². The summed E-state index contributed by atoms with van der Waals surface area (Å²) in [4.78, 5) is 2.28. The third-order valence-corrected chi connectivity index (χ3v) is 5.64. The molecule has 1 aromatic carbocycles. The van der Waals surface area contributed by atoms with Gasteiger partial charge in [0.15, 0.2) is 0 Å². The number of piperidine rings is 1. The molecule has 6 nitrogen and oxygen atoms in total. The van der Waals surface area contributed by atoms with Gasteiger partial charge in [-0.05, 0) is 51.2 Å². The van der Waals surface area contributed by atoms with E-state index in [1.807, 2.05) is 19.3 Å². The Morgan fingerprint density at radius 3 is 2.66 bits per heavy atom. The third-order valence-electron chi connectivity index (χ3n) is 5.64. The van der Waals surface area contributed by atoms with Crippen LogP contribution in [0.5, 0.6) is 0 Å². The Labute approximate surface area is 185 Å². The van der Waals surface area contributed by atoms with Gasteiger partial charge in [0.1, 0.15) is 6.54 Å². The van der Waals surface area contributed by atoms with Crippen molar-refractivity contribution in [3.05, 3.63) is 42.4 Å². The van der Waals surface area contributed by atoms with Crippen LogP contribution in [0.15, 0.2) is 36.8 Å². The van der Waals surface area contributed by atoms with Crippen LogP contribution < -0.4 is 10.6 Å². The van der Waals surface area contributed by atoms with E-state index in [4.69, 9.17) is 0 Å². The van der Waals surface area contributed by atoms with Crippen molar-refractivity contribution in [2.75, 3.05) is 37.3 Å². The van der Waals surface area contributed by atoms with E-state index in [2.05, 4.69) is 39.5 Å². The number of hydrogen-bond acceptors (Lipinski definition) is 4. The van der Waals surface area contributed by atoms with Gasteiger partial charge in [-0.3, -0.25) is 4.68 Å². The number of hydrogen-bond donors (Lipinski definition) is 2. The smallest absolute Gasteiger partial charge is 0.382 e. The van der Waals surface area contributed by atoms with Crippen molar-refractivity contribution >= 4 is 22.3 Å². The molecule has 0 aliphatic carbocycles. The molecule has 0 spiro atoms. The number of rotatable bonds is 5. The highest BCUT2D eigenvalue weighted by molar-refractivity contribution is 5.94. The van der Waals surface area contributed by atoms with E-state index in [9.17, 15) is 13.2 Å². The molecule has 32 heavy (non-hydrogen) atoms. The summed E-state index contributed by atoms with van der Waals surface area (Å²) in [6.45, 7) is 1.37. The zero-order valence-electron chi connectivity index (χ0n) is 18.2. The summed E-state index contributed by atoms with van der Waals surface area (Å²) < 4.78 is 42.2. The molecule has 1 saturated heterocycles. The highest BCUT2D eigenvalue weighted by Crippen LogP contribution is 2.30. The Morgan fingerprint density at radius 1 is 1.19 bits per heavy atom. The van der Waals surface area contributed by atoms with E-state index in [1.165, 1.54) is 10.8 Å². The molecule has 1 fully saturated rings. The summed E-state index contributed by atoms with van der Waals surface area (Å²) in [7, 11) is 3.93. The second-order valence-electron chi connectivity index (χ2n) is 8.30. The molecular weight excluding hydrogens is 417 g/mol. The number of nitrogens with one attached hydrogen (secondary N) is 2. The number of likely N-dealkylation sites (tertiary alicyclic amines) is 1. The SMILES string of the molecule is CN1CCC(Nc2cc(C#CCNc3cnn(C)c3)cc3c2ccn3CC(F)(F)F)CC1. The maximum absolute atomic E-state index is 13.1. The maximum Gasteiger partial charge on any atom is 0.406 e. The number of alkyl halides is 3. The molecule has 0 amide bonds. The molecule has 0 unspecified atom stereocenters. The summed E-state index contributed by atoms with van der Waals surface area (Å²) in [5.74, 6) is 6.15. The van der Waals surface area contributed by atoms with Gasteiger partial charge in [0.2, 0.25) is 0 Å². The Kier molecular flexibility index (Phi) is 6.33. The minimum atomic E-state index is -4.29. The van der Waals surface area contributed by atoms with Crippen LogP contribution in [0.4, 0.5) is 24.5 Å². The second kappa shape index (κ2) is 9.17. The van der Waals surface area contributed by atoms with Crippen LogP contribution in [-0.2, 0) is 13.6 Å². The fourth-order valence-corrected chi connectivity index (χ4v) is 4.00. The molecule has 170 valence electrons. The molecule has 0 saturated carbocycles. The summed E-state index contributed by atoms with van der Waals surface area (Å²) >= 11 is 0. The van der Waals surface area contributed by atoms with Crippen molar-refractivity contribution in [3.63, 3.8) is 0 Å². The van der Waals surface area contributed by atoms with Crippen molar-refractivity contribution in [3.8, 4) is 11.8 Å². The standard InChI is InChI=1S/C23H27F3N6/c1-30-9-5-18(6-10-30)29-21-12-17(4-3-8-27-19-14-28-31(2)15-19)13-22-20(21)7-11-32(22)16-23(24,25)26/h7,11-15,18,27,29H,5-6,8-10,16H2,1-2H3. The number of anilines is 2. The average molecular weight is 445 g/mol. The Morgan fingerprint density at radius 2 is 1.97 bits per heavy atom. The molecule has 2 aromatic heterocycles. The number of aryl methyl sites for hydroxylation is 1. The topological polar surface area (TPSA) is 50.0 Å². The lowest BCUT2D eigenvalue weighted by molar-refractivity contribution is -0.139. The molecule has 0 atom stereocenters. The first-order chi connectivity index (χ1) is 15.3. The predicted molar refractivity (Wildman–Crippen MR) is 121 cm³/mol. The lowest BCUT2D eigenvalue weighted by Crippen LogP contribution is -2.36. The van der Waals surface area contributed by atoms with Gasteiger partial charge in [0.25, 0.3) is 0 Å². The van der Waals surface area contributed by atoms with Crippen LogP contribution >= 0.6 is 0 Å². The number of fused-ring (bicyclic) bond motifs is 1. The van der Waals surface area contributed by atoms with Crippen molar-refractivity contribution in [2.45, 2.75) is 31.6 Å². The molecule has 9 heteroatoms. The molecule has 1 aliphatic heterocycles. The summed E-state index contributed by atoms with van der Waals surface area (Å²) in [6.07, 6.45) is 2.75. The van der Waals surface area contributed by atoms with Crippen molar-refractivity contribution < 1.29 is 13.2 Å². The fourth-order valence-electron chi connectivity index (χ4n) is 4.00. The van der Waals surface area contributed by atoms with Crippen molar-refractivity contribution in [1.29, 1.82) is 0 Å². The van der Waals surface area contributed by atoms with E-state index >= 15 is 0 Å². The molecule has 2 N–H and O–H groups in total. The largest absolute Gasteiger partial charge is 0.406 e. The normalized spacial score (nSPS) is 15.5. The first-order valence-corrected chi connectivity index (χ1v) is 10.6. The molecule has 0 bridgehead atoms. The maximum atomic E-state index is 13.1. The van der Waals surface area contributed by atoms with Gasteiger partial charge in [-0.25, -0.2) is 0 Å². The van der Waals surface area contributed by atoms with E-state index in [1.54, 1.807) is 23.0 Å². The third kappa shape index (κ3) is 5.56. The average Bonchev–Trinajstić information content (AvgIpc) is 3.32. The van der Waals surface area contributed by atoms with Crippen molar-refractivity contribution in [2.24, 2.45) is 7.05 Å². The van der Waals surface area contributed by atoms with E-state index in [-0.39, 0.29) is 6.04 Å². The van der Waals surface area contributed by atoms with Crippen LogP contribution in [-0.4, -0.2) is 58.1 Å². The Hall–Kier alpha value is -3.12. The van der Waals surface area contributed by atoms with E-state index in [0.717, 1.165) is 42.7 Å². The molecule has 3 heterocycles. The first kappa shape index (κ1) is 22.1. The quantitative estimate of drug-likeness (QED) is 0.586. The van der Waals surface area contributed by atoms with E-state index < -0.39 is 12.7 Å². The lowest BCUT2D eigenvalue weighted by Gasteiger charge is -2.30. The van der Waals surface area contributed by atoms with Gasteiger partial charge in [-0.2, -0.15) is 18.3 Å². The molecule has 4 rings (SSSR count). The molecular formula is C23H27F3N6. The zero-order valence-corrected chi connectivity index (χ0v) is 18.2. The number of halogens is 3. The highest BCUT2D eigenvalue weighted by Gasteiger charge is 2.28. The molecule has 3 aromatic rings. The molecule has 1 aliphatic rings. The number of benzene rings is 1. The zero-order chi connectivity index (χ0) is 22.7. The van der Waals surface area contributed by atoms with E-state index in [0.29, 0.717) is 17.6 Å². The van der Waals surface area contributed by atoms with Gasteiger partial charge in [0, 0.05) is 42.1 Å². The summed E-state index contributed by atoms with van der Waals surface area (Å²) in [5, 5.41) is 11.6. The van der Waals surface area contributed by atoms with Crippen molar-refractivity contribution in [1.82, 2.24) is 19.2 Å². The van der Waals surface area contributed by atoms with Gasteiger partial charge in [0.05, 0.1) is 23.9 Å². The number of nitrogens with zero attached hydrogens (tertiary/aromatic N) is 4. The summed E-state index contributed by atoms with van der Waals surface area (Å²) in [5.41, 5.74) is 2.91. The fraction of sp³-hybridized carbons (Fsp3) is 0.435. The number of aromatic nitrogens is 3. The molecule has 0 radical (unpaired) electrons. The van der Waals surface area contributed by atoms with Crippen LogP contribution in [0.25, 0.3) is 10.9 Å². The summed E-state index contributed by atoms with van der Waals surface area (Å²) in [6, 6.07) is 5.71. The minimum absolute atomic E-state index is 0.288. The van der Waals surface area contributed by atoms with Gasteiger partial charge in [-0.15, -0.1) is 0 Å². The second-order valence-corrected chi connectivity index (χ2v) is 8.30. The highest BCUT2D eigenvalue weighted by atomic mass is 19.4. The Balaban J connectivity index is 1.59. The first-order valence-electron chi connectivity index (χ1n) is 10.6. The van der Waals surface area contributed by atoms with Gasteiger partial charge >= 0.3 is 6.18 Å². The van der Waals surface area contributed by atoms with Crippen LogP contribution in [0, 0.1) is 11.8 Å². The van der Waals surface area contributed by atoms with Crippen LogP contribution in [0.1, 0.15) is 18.4 Å². The van der Waals surface area contributed by atoms with Gasteiger partial charge in [-0.1, -0.05) is 11.8 Å². The lowest BCUT2D eigenvalue weighted by atomic mass is 10.0. The van der Waals surface area contributed by atoms with Gasteiger partial charge < -0.3 is 20.1 Å².